The molecule has 2 rings (SSSR count). The van der Waals surface area contributed by atoms with Crippen LogP contribution in [0.4, 0.5) is 0 Å². The second-order valence-electron chi connectivity index (χ2n) is 7.28. The molecule has 0 aromatic heterocycles. The number of hydrogen-bond donors (Lipinski definition) is 0. The van der Waals surface area contributed by atoms with Gasteiger partial charge in [0.05, 0.1) is 31.0 Å². The summed E-state index contributed by atoms with van der Waals surface area (Å²) in [6.07, 6.45) is 4.85. The van der Waals surface area contributed by atoms with Crippen molar-refractivity contribution in [3.8, 4) is 0 Å². The fourth-order valence-electron chi connectivity index (χ4n) is 2.99. The van der Waals surface area contributed by atoms with Crippen LogP contribution in [0.15, 0.2) is 5.16 Å². The molecule has 9 heteroatoms. The van der Waals surface area contributed by atoms with Crippen molar-refractivity contribution in [1.29, 1.82) is 0 Å². The number of nitrogens with zero attached hydrogens (tertiary/aromatic N) is 1. The van der Waals surface area contributed by atoms with Crippen molar-refractivity contribution in [2.75, 3.05) is 6.61 Å². The molecule has 0 saturated heterocycles. The van der Waals surface area contributed by atoms with Crippen LogP contribution in [0.2, 0.25) is 25.1 Å². The largest absolute Gasteiger partial charge is 0.460 e. The summed E-state index contributed by atoms with van der Waals surface area (Å²) in [7, 11) is 0. The van der Waals surface area contributed by atoms with E-state index in [4.69, 9.17) is 67.6 Å². The molecular weight excluding hydrogens is 467 g/mol. The summed E-state index contributed by atoms with van der Waals surface area (Å²) in [6.45, 7) is 6.49. The van der Waals surface area contributed by atoms with Gasteiger partial charge in [0, 0.05) is 17.7 Å². The van der Waals surface area contributed by atoms with E-state index in [9.17, 15) is 4.79 Å². The Hall–Kier alpha value is -0.390. The zero-order valence-electron chi connectivity index (χ0n) is 15.8. The average molecular weight is 490 g/mol. The Morgan fingerprint density at radius 1 is 1.04 bits per heavy atom. The number of unbranched alkanes of at least 4 members (excludes halogenated alkanes) is 2. The Morgan fingerprint density at radius 3 is 2.18 bits per heavy atom. The SMILES string of the molecule is CCCCCON=C[C@H]1[C@@H](C(=O)OCc2c(Cl)c(Cl)c(Cl)c(Cl)c2Cl)C1(C)C. The van der Waals surface area contributed by atoms with E-state index in [1.54, 1.807) is 6.21 Å². The van der Waals surface area contributed by atoms with Crippen LogP contribution in [0, 0.1) is 17.3 Å². The van der Waals surface area contributed by atoms with Crippen LogP contribution in [0.5, 0.6) is 0 Å². The van der Waals surface area contributed by atoms with Gasteiger partial charge in [-0.1, -0.05) is 96.8 Å². The van der Waals surface area contributed by atoms with Crippen molar-refractivity contribution in [3.05, 3.63) is 30.7 Å². The van der Waals surface area contributed by atoms with E-state index in [0.29, 0.717) is 12.2 Å². The lowest BCUT2D eigenvalue weighted by atomic mass is 10.1. The molecular formula is C19H22Cl5NO3. The van der Waals surface area contributed by atoms with Gasteiger partial charge in [0.25, 0.3) is 0 Å². The number of carbonyl (C=O) groups is 1. The Kier molecular flexibility index (Phi) is 8.60. The molecule has 4 nitrogen and oxygen atoms in total. The number of oxime groups is 1. The van der Waals surface area contributed by atoms with Crippen molar-refractivity contribution in [1.82, 2.24) is 0 Å². The molecule has 1 fully saturated rings. The highest BCUT2D eigenvalue weighted by Crippen LogP contribution is 2.58. The first-order chi connectivity index (χ1) is 13.1. The second kappa shape index (κ2) is 10.1. The van der Waals surface area contributed by atoms with Gasteiger partial charge in [0.15, 0.2) is 0 Å². The first kappa shape index (κ1) is 23.9. The van der Waals surface area contributed by atoms with Crippen LogP contribution in [0.3, 0.4) is 0 Å². The van der Waals surface area contributed by atoms with Crippen molar-refractivity contribution in [2.24, 2.45) is 22.4 Å². The number of benzene rings is 1. The molecule has 0 amide bonds. The van der Waals surface area contributed by atoms with Gasteiger partial charge in [-0.25, -0.2) is 0 Å². The molecule has 0 spiro atoms. The molecule has 0 unspecified atom stereocenters. The molecule has 1 aromatic rings. The van der Waals surface area contributed by atoms with Gasteiger partial charge < -0.3 is 9.57 Å². The molecule has 0 aliphatic heterocycles. The Labute approximate surface area is 190 Å². The zero-order valence-corrected chi connectivity index (χ0v) is 19.6. The minimum atomic E-state index is -0.373. The van der Waals surface area contributed by atoms with E-state index in [2.05, 4.69) is 12.1 Å². The topological polar surface area (TPSA) is 47.9 Å². The van der Waals surface area contributed by atoms with Crippen LogP contribution in [-0.2, 0) is 21.0 Å². The molecule has 28 heavy (non-hydrogen) atoms. The third-order valence-corrected chi connectivity index (χ3v) is 7.31. The molecule has 0 N–H and O–H groups in total. The minimum Gasteiger partial charge on any atom is -0.460 e. The van der Waals surface area contributed by atoms with Crippen molar-refractivity contribution in [2.45, 2.75) is 46.6 Å². The van der Waals surface area contributed by atoms with Crippen molar-refractivity contribution in [3.63, 3.8) is 0 Å². The summed E-state index contributed by atoms with van der Waals surface area (Å²) < 4.78 is 5.42. The van der Waals surface area contributed by atoms with Crippen molar-refractivity contribution >= 4 is 70.2 Å². The average Bonchev–Trinajstić information content (AvgIpc) is 3.21. The number of rotatable bonds is 9. The van der Waals surface area contributed by atoms with Gasteiger partial charge in [-0.15, -0.1) is 0 Å². The normalized spacial score (nSPS) is 20.4. The molecule has 1 saturated carbocycles. The lowest BCUT2D eigenvalue weighted by Gasteiger charge is -2.13. The molecule has 0 radical (unpaired) electrons. The Morgan fingerprint density at radius 2 is 1.61 bits per heavy atom. The standard InChI is InChI=1S/C19H22Cl5NO3/c1-4-5-6-7-28-25-8-11-12(19(11,2)3)18(26)27-9-10-13(20)15(22)17(24)16(23)14(10)21/h8,11-12H,4-7,9H2,1-3H3/t11-,12-/m0/s1. The number of carbonyl (C=O) groups excluding carboxylic acids is 1. The van der Waals surface area contributed by atoms with Crippen LogP contribution < -0.4 is 0 Å². The van der Waals surface area contributed by atoms with E-state index in [1.807, 2.05) is 13.8 Å². The lowest BCUT2D eigenvalue weighted by molar-refractivity contribution is -0.147. The summed E-state index contributed by atoms with van der Waals surface area (Å²) in [5, 5.41) is 4.42. The molecule has 2 atom stereocenters. The van der Waals surface area contributed by atoms with Gasteiger partial charge >= 0.3 is 5.97 Å². The van der Waals surface area contributed by atoms with Crippen LogP contribution in [0.25, 0.3) is 0 Å². The maximum atomic E-state index is 12.5. The smallest absolute Gasteiger partial charge is 0.310 e. The predicted octanol–water partition coefficient (Wildman–Crippen LogP) is 7.46. The third-order valence-electron chi connectivity index (χ3n) is 4.96. The number of halogens is 5. The highest BCUT2D eigenvalue weighted by atomic mass is 35.5. The number of esters is 1. The van der Waals surface area contributed by atoms with E-state index >= 15 is 0 Å². The molecule has 1 aliphatic carbocycles. The second-order valence-corrected chi connectivity index (χ2v) is 9.17. The fourth-order valence-corrected chi connectivity index (χ4v) is 4.28. The number of hydrogen-bond acceptors (Lipinski definition) is 4. The Balaban J connectivity index is 1.96. The van der Waals surface area contributed by atoms with Gasteiger partial charge in [-0.2, -0.15) is 0 Å². The Bertz CT molecular complexity index is 737. The third kappa shape index (κ3) is 5.20. The van der Waals surface area contributed by atoms with Crippen LogP contribution in [0.1, 0.15) is 45.6 Å². The summed E-state index contributed by atoms with van der Waals surface area (Å²) in [5.41, 5.74) is 0.0509. The van der Waals surface area contributed by atoms with Crippen LogP contribution in [-0.4, -0.2) is 18.8 Å². The quantitative estimate of drug-likeness (QED) is 0.0903. The first-order valence-electron chi connectivity index (χ1n) is 8.96. The molecule has 1 aromatic carbocycles. The summed E-state index contributed by atoms with van der Waals surface area (Å²) >= 11 is 30.4. The van der Waals surface area contributed by atoms with E-state index < -0.39 is 0 Å². The van der Waals surface area contributed by atoms with Gasteiger partial charge in [-0.05, 0) is 11.8 Å². The molecule has 1 aliphatic rings. The molecule has 0 bridgehead atoms. The van der Waals surface area contributed by atoms with Crippen molar-refractivity contribution < 1.29 is 14.4 Å². The fraction of sp³-hybridized carbons (Fsp3) is 0.579. The highest BCUT2D eigenvalue weighted by molar-refractivity contribution is 6.55. The lowest BCUT2D eigenvalue weighted by Crippen LogP contribution is -2.11. The van der Waals surface area contributed by atoms with E-state index in [1.165, 1.54) is 0 Å². The van der Waals surface area contributed by atoms with Gasteiger partial charge in [0.2, 0.25) is 0 Å². The van der Waals surface area contributed by atoms with E-state index in [0.717, 1.165) is 19.3 Å². The van der Waals surface area contributed by atoms with Crippen LogP contribution >= 0.6 is 58.0 Å². The highest BCUT2D eigenvalue weighted by Gasteiger charge is 2.62. The maximum absolute atomic E-state index is 12.5. The summed E-state index contributed by atoms with van der Waals surface area (Å²) in [4.78, 5) is 17.8. The maximum Gasteiger partial charge on any atom is 0.310 e. The number of ether oxygens (including phenoxy) is 1. The summed E-state index contributed by atoms with van der Waals surface area (Å²) in [6, 6.07) is 0. The monoisotopic (exact) mass is 487 g/mol. The van der Waals surface area contributed by atoms with Gasteiger partial charge in [0.1, 0.15) is 13.2 Å². The first-order valence-corrected chi connectivity index (χ1v) is 10.9. The summed E-state index contributed by atoms with van der Waals surface area (Å²) in [5.74, 6) is -0.762. The predicted molar refractivity (Wildman–Crippen MR) is 116 cm³/mol. The molecule has 0 heterocycles. The zero-order chi connectivity index (χ0) is 21.1. The minimum absolute atomic E-state index is 0.0606. The molecule has 156 valence electrons. The van der Waals surface area contributed by atoms with Gasteiger partial charge in [-0.3, -0.25) is 4.79 Å². The van der Waals surface area contributed by atoms with E-state index in [-0.39, 0.29) is 54.9 Å².